The van der Waals surface area contributed by atoms with E-state index in [9.17, 15) is 4.39 Å². The fourth-order valence-electron chi connectivity index (χ4n) is 1.83. The molecule has 0 saturated heterocycles. The number of hydrogen-bond donors (Lipinski definition) is 0. The maximum Gasteiger partial charge on any atom is 0.127 e. The predicted molar refractivity (Wildman–Crippen MR) is 75.7 cm³/mol. The van der Waals surface area contributed by atoms with E-state index in [1.54, 1.807) is 24.5 Å². The zero-order valence-corrected chi connectivity index (χ0v) is 12.1. The third-order valence-corrected chi connectivity index (χ3v) is 4.45. The number of pyridine rings is 1. The second kappa shape index (κ2) is 5.81. The van der Waals surface area contributed by atoms with E-state index in [1.807, 2.05) is 19.1 Å². The van der Waals surface area contributed by atoms with Gasteiger partial charge in [0.2, 0.25) is 0 Å². The zero-order valence-electron chi connectivity index (χ0n) is 9.78. The molecule has 1 aromatic heterocycles. The molecule has 0 N–H and O–H groups in total. The van der Waals surface area contributed by atoms with Crippen molar-refractivity contribution in [3.8, 4) is 0 Å². The van der Waals surface area contributed by atoms with E-state index in [4.69, 9.17) is 11.6 Å². The van der Waals surface area contributed by atoms with E-state index in [0.717, 1.165) is 5.56 Å². The molecule has 2 rings (SSSR count). The van der Waals surface area contributed by atoms with Gasteiger partial charge in [0.25, 0.3) is 0 Å². The molecule has 0 aliphatic carbocycles. The monoisotopic (exact) mass is 327 g/mol. The second-order valence-corrected chi connectivity index (χ2v) is 5.56. The smallest absolute Gasteiger partial charge is 0.127 e. The lowest BCUT2D eigenvalue weighted by atomic mass is 9.94. The normalized spacial score (nSPS) is 14.2. The van der Waals surface area contributed by atoms with E-state index >= 15 is 0 Å². The van der Waals surface area contributed by atoms with Crippen LogP contribution in [0.5, 0.6) is 0 Å². The average molecular weight is 329 g/mol. The Bertz CT molecular complexity index is 533. The first-order valence-electron chi connectivity index (χ1n) is 5.58. The highest BCUT2D eigenvalue weighted by atomic mass is 79.9. The van der Waals surface area contributed by atoms with Crippen LogP contribution in [0, 0.1) is 5.82 Å². The van der Waals surface area contributed by atoms with Crippen molar-refractivity contribution in [2.75, 3.05) is 0 Å². The van der Waals surface area contributed by atoms with Gasteiger partial charge in [0.05, 0.1) is 0 Å². The first-order valence-corrected chi connectivity index (χ1v) is 6.88. The second-order valence-electron chi connectivity index (χ2n) is 4.14. The van der Waals surface area contributed by atoms with Crippen LogP contribution in [-0.2, 0) is 0 Å². The van der Waals surface area contributed by atoms with E-state index in [1.165, 1.54) is 6.07 Å². The third kappa shape index (κ3) is 2.90. The van der Waals surface area contributed by atoms with Crippen LogP contribution in [0.3, 0.4) is 0 Å². The highest BCUT2D eigenvalue weighted by Gasteiger charge is 2.21. The van der Waals surface area contributed by atoms with Crippen LogP contribution in [0.1, 0.15) is 28.8 Å². The van der Waals surface area contributed by atoms with Crippen LogP contribution in [0.4, 0.5) is 4.39 Å². The van der Waals surface area contributed by atoms with Crippen LogP contribution in [0.2, 0.25) is 5.02 Å². The topological polar surface area (TPSA) is 12.9 Å². The van der Waals surface area contributed by atoms with E-state index < -0.39 is 0 Å². The summed E-state index contributed by atoms with van der Waals surface area (Å²) in [5, 5.41) is 0.540. The van der Waals surface area contributed by atoms with Crippen molar-refractivity contribution >= 4 is 27.5 Å². The summed E-state index contributed by atoms with van der Waals surface area (Å²) in [7, 11) is 0. The number of hydrogen-bond acceptors (Lipinski definition) is 1. The molecule has 0 spiro atoms. The first-order chi connectivity index (χ1) is 8.59. The molecule has 1 aromatic carbocycles. The quantitative estimate of drug-likeness (QED) is 0.713. The fraction of sp³-hybridized carbons (Fsp3) is 0.214. The molecule has 0 saturated carbocycles. The Labute approximate surface area is 119 Å². The molecule has 2 aromatic rings. The minimum atomic E-state index is -0.248. The van der Waals surface area contributed by atoms with Gasteiger partial charge in [-0.2, -0.15) is 0 Å². The Kier molecular flexibility index (Phi) is 4.36. The molecule has 1 heterocycles. The van der Waals surface area contributed by atoms with Gasteiger partial charge >= 0.3 is 0 Å². The summed E-state index contributed by atoms with van der Waals surface area (Å²) in [5.74, 6) is -0.122. The highest BCUT2D eigenvalue weighted by Crippen LogP contribution is 2.39. The van der Waals surface area contributed by atoms with E-state index in [2.05, 4.69) is 20.9 Å². The molecule has 0 fully saturated rings. The van der Waals surface area contributed by atoms with Crippen molar-refractivity contribution in [1.82, 2.24) is 4.98 Å². The summed E-state index contributed by atoms with van der Waals surface area (Å²) in [6, 6.07) is 8.47. The van der Waals surface area contributed by atoms with Gasteiger partial charge in [0.15, 0.2) is 0 Å². The maximum atomic E-state index is 13.8. The molecule has 18 heavy (non-hydrogen) atoms. The predicted octanol–water partition coefficient (Wildman–Crippen LogP) is 5.11. The summed E-state index contributed by atoms with van der Waals surface area (Å²) >= 11 is 9.47. The molecule has 1 nitrogen and oxygen atoms in total. The standard InChI is InChI=1S/C14H12BrClFN/c1-9(10-4-6-18-7-5-10)14(15)12-8-11(16)2-3-13(12)17/h2-9,14H,1H3. The third-order valence-electron chi connectivity index (χ3n) is 2.93. The van der Waals surface area contributed by atoms with Crippen molar-refractivity contribution in [3.63, 3.8) is 0 Å². The summed E-state index contributed by atoms with van der Waals surface area (Å²) in [5.41, 5.74) is 1.68. The molecule has 0 aliphatic heterocycles. The number of benzene rings is 1. The molecule has 2 atom stereocenters. The number of halogens is 3. The van der Waals surface area contributed by atoms with Gasteiger partial charge in [-0.1, -0.05) is 34.5 Å². The summed E-state index contributed by atoms with van der Waals surface area (Å²) in [6.45, 7) is 2.04. The average Bonchev–Trinajstić information content (AvgIpc) is 2.41. The fourth-order valence-corrected chi connectivity index (χ4v) is 2.67. The Morgan fingerprint density at radius 3 is 2.56 bits per heavy atom. The van der Waals surface area contributed by atoms with Crippen molar-refractivity contribution < 1.29 is 4.39 Å². The van der Waals surface area contributed by atoms with Gasteiger partial charge in [0, 0.05) is 27.8 Å². The molecular weight excluding hydrogens is 317 g/mol. The Balaban J connectivity index is 2.31. The largest absolute Gasteiger partial charge is 0.265 e. The SMILES string of the molecule is CC(c1ccncc1)C(Br)c1cc(Cl)ccc1F. The van der Waals surface area contributed by atoms with Gasteiger partial charge in [-0.15, -0.1) is 0 Å². The summed E-state index contributed by atoms with van der Waals surface area (Å²) < 4.78 is 13.8. The van der Waals surface area contributed by atoms with Crippen molar-refractivity contribution in [2.45, 2.75) is 17.7 Å². The lowest BCUT2D eigenvalue weighted by molar-refractivity contribution is 0.596. The number of nitrogens with zero attached hydrogens (tertiary/aromatic N) is 1. The van der Waals surface area contributed by atoms with Crippen LogP contribution in [0.25, 0.3) is 0 Å². The molecular formula is C14H12BrClFN. The van der Waals surface area contributed by atoms with E-state index in [0.29, 0.717) is 10.6 Å². The summed E-state index contributed by atoms with van der Waals surface area (Å²) in [4.78, 5) is 3.85. The Morgan fingerprint density at radius 1 is 1.22 bits per heavy atom. The Hall–Kier alpha value is -0.930. The van der Waals surface area contributed by atoms with E-state index in [-0.39, 0.29) is 16.6 Å². The highest BCUT2D eigenvalue weighted by molar-refractivity contribution is 9.09. The molecule has 0 aliphatic rings. The molecule has 0 bridgehead atoms. The van der Waals surface area contributed by atoms with Crippen LogP contribution in [-0.4, -0.2) is 4.98 Å². The molecule has 0 radical (unpaired) electrons. The van der Waals surface area contributed by atoms with Crippen LogP contribution >= 0.6 is 27.5 Å². The van der Waals surface area contributed by atoms with Gasteiger partial charge in [-0.05, 0) is 41.8 Å². The molecule has 94 valence electrons. The van der Waals surface area contributed by atoms with Gasteiger partial charge in [-0.3, -0.25) is 4.98 Å². The Morgan fingerprint density at radius 2 is 1.89 bits per heavy atom. The van der Waals surface area contributed by atoms with Gasteiger partial charge in [0.1, 0.15) is 5.82 Å². The van der Waals surface area contributed by atoms with Crippen LogP contribution in [0.15, 0.2) is 42.7 Å². The number of alkyl halides is 1. The maximum absolute atomic E-state index is 13.8. The lowest BCUT2D eigenvalue weighted by Crippen LogP contribution is -2.04. The van der Waals surface area contributed by atoms with Crippen LogP contribution < -0.4 is 0 Å². The molecule has 0 amide bonds. The molecule has 4 heteroatoms. The first kappa shape index (κ1) is 13.5. The molecule has 2 unspecified atom stereocenters. The van der Waals surface area contributed by atoms with Gasteiger partial charge < -0.3 is 0 Å². The van der Waals surface area contributed by atoms with Gasteiger partial charge in [-0.25, -0.2) is 4.39 Å². The van der Waals surface area contributed by atoms with Crippen molar-refractivity contribution in [2.24, 2.45) is 0 Å². The number of rotatable bonds is 3. The minimum absolute atomic E-state index is 0.126. The zero-order chi connectivity index (χ0) is 13.1. The lowest BCUT2D eigenvalue weighted by Gasteiger charge is -2.19. The minimum Gasteiger partial charge on any atom is -0.265 e. The van der Waals surface area contributed by atoms with Crippen molar-refractivity contribution in [1.29, 1.82) is 0 Å². The number of aromatic nitrogens is 1. The van der Waals surface area contributed by atoms with Crippen molar-refractivity contribution in [3.05, 3.63) is 64.7 Å². The summed E-state index contributed by atoms with van der Waals surface area (Å²) in [6.07, 6.45) is 3.47.